The summed E-state index contributed by atoms with van der Waals surface area (Å²) in [6.07, 6.45) is 8.15. The van der Waals surface area contributed by atoms with Gasteiger partial charge in [0.1, 0.15) is 17.4 Å². The topological polar surface area (TPSA) is 133 Å². The number of anilines is 1. The number of benzene rings is 1. The average Bonchev–Trinajstić information content (AvgIpc) is 2.91. The molecule has 1 aliphatic heterocycles. The summed E-state index contributed by atoms with van der Waals surface area (Å²) >= 11 is 6.11. The SMILES string of the molecule is O=C(CS(=O)(=O)N1CCN(c2ncc(-c3ccc(F)cc3Cl)cn2)CC1)N(O)CCCCc1ncccn1. The number of nitrogens with zero attached hydrogens (tertiary/aromatic N) is 7. The predicted octanol–water partition coefficient (Wildman–Crippen LogP) is 2.42. The second kappa shape index (κ2) is 12.5. The maximum atomic E-state index is 13.3. The van der Waals surface area contributed by atoms with Crippen LogP contribution in [0.25, 0.3) is 11.1 Å². The van der Waals surface area contributed by atoms with Crippen molar-refractivity contribution in [1.82, 2.24) is 29.3 Å². The fourth-order valence-corrected chi connectivity index (χ4v) is 5.60. The van der Waals surface area contributed by atoms with Gasteiger partial charge in [-0.25, -0.2) is 37.8 Å². The zero-order valence-corrected chi connectivity index (χ0v) is 22.0. The Labute approximate surface area is 224 Å². The van der Waals surface area contributed by atoms with E-state index in [0.29, 0.717) is 60.3 Å². The highest BCUT2D eigenvalue weighted by molar-refractivity contribution is 7.89. The number of halogens is 2. The lowest BCUT2D eigenvalue weighted by Crippen LogP contribution is -2.51. The summed E-state index contributed by atoms with van der Waals surface area (Å²) in [6.45, 7) is 0.967. The van der Waals surface area contributed by atoms with Gasteiger partial charge in [-0.15, -0.1) is 0 Å². The number of carbonyl (C=O) groups excluding carboxylic acids is 1. The number of hydrogen-bond donors (Lipinski definition) is 1. The summed E-state index contributed by atoms with van der Waals surface area (Å²) in [4.78, 5) is 31.1. The van der Waals surface area contributed by atoms with E-state index in [1.54, 1.807) is 36.9 Å². The molecule has 202 valence electrons. The Morgan fingerprint density at radius 2 is 1.74 bits per heavy atom. The van der Waals surface area contributed by atoms with Crippen molar-refractivity contribution in [2.24, 2.45) is 0 Å². The van der Waals surface area contributed by atoms with E-state index in [9.17, 15) is 22.8 Å². The largest absolute Gasteiger partial charge is 0.338 e. The molecular weight excluding hydrogens is 537 g/mol. The lowest BCUT2D eigenvalue weighted by Gasteiger charge is -2.34. The lowest BCUT2D eigenvalue weighted by atomic mass is 10.1. The highest BCUT2D eigenvalue weighted by Crippen LogP contribution is 2.28. The van der Waals surface area contributed by atoms with Gasteiger partial charge in [0.25, 0.3) is 5.91 Å². The lowest BCUT2D eigenvalue weighted by molar-refractivity contribution is -0.162. The minimum Gasteiger partial charge on any atom is -0.338 e. The van der Waals surface area contributed by atoms with E-state index in [1.165, 1.54) is 16.4 Å². The molecule has 1 aromatic carbocycles. The maximum absolute atomic E-state index is 13.3. The third-order valence-electron chi connectivity index (χ3n) is 6.03. The summed E-state index contributed by atoms with van der Waals surface area (Å²) in [7, 11) is -3.91. The summed E-state index contributed by atoms with van der Waals surface area (Å²) in [5.74, 6) is -1.03. The average molecular weight is 564 g/mol. The molecule has 1 aliphatic rings. The molecule has 14 heteroatoms. The summed E-state index contributed by atoms with van der Waals surface area (Å²) in [5, 5.41) is 10.7. The van der Waals surface area contributed by atoms with Crippen molar-refractivity contribution in [3.05, 3.63) is 65.7 Å². The molecule has 0 unspecified atom stereocenters. The summed E-state index contributed by atoms with van der Waals surface area (Å²) < 4.78 is 40.1. The Kier molecular flexibility index (Phi) is 9.15. The minimum atomic E-state index is -3.91. The number of aryl methyl sites for hydroxylation is 1. The van der Waals surface area contributed by atoms with Crippen LogP contribution in [-0.4, -0.2) is 87.3 Å². The highest BCUT2D eigenvalue weighted by atomic mass is 35.5. The van der Waals surface area contributed by atoms with E-state index < -0.39 is 27.5 Å². The second-order valence-electron chi connectivity index (χ2n) is 8.68. The van der Waals surface area contributed by atoms with E-state index in [1.807, 2.05) is 4.90 Å². The van der Waals surface area contributed by atoms with Crippen LogP contribution in [0.5, 0.6) is 0 Å². The Morgan fingerprint density at radius 1 is 1.05 bits per heavy atom. The number of carbonyl (C=O) groups is 1. The van der Waals surface area contributed by atoms with E-state index in [0.717, 1.165) is 0 Å². The molecule has 38 heavy (non-hydrogen) atoms. The molecule has 1 N–H and O–H groups in total. The number of piperazine rings is 1. The fraction of sp³-hybridized carbons (Fsp3) is 0.375. The number of rotatable bonds is 10. The minimum absolute atomic E-state index is 0.0193. The Bertz CT molecular complexity index is 1340. The smallest absolute Gasteiger partial charge is 0.262 e. The van der Waals surface area contributed by atoms with Crippen molar-refractivity contribution in [2.45, 2.75) is 19.3 Å². The van der Waals surface area contributed by atoms with E-state index in [2.05, 4.69) is 19.9 Å². The molecule has 0 saturated carbocycles. The molecule has 2 aromatic heterocycles. The van der Waals surface area contributed by atoms with Gasteiger partial charge in [-0.1, -0.05) is 11.6 Å². The van der Waals surface area contributed by atoms with Gasteiger partial charge in [0.2, 0.25) is 16.0 Å². The molecule has 0 radical (unpaired) electrons. The number of hydrogen-bond acceptors (Lipinski definition) is 9. The van der Waals surface area contributed by atoms with Crippen LogP contribution in [0, 0.1) is 5.82 Å². The van der Waals surface area contributed by atoms with Gasteiger partial charge in [-0.05, 0) is 37.1 Å². The number of sulfonamides is 1. The zero-order chi connectivity index (χ0) is 27.1. The highest BCUT2D eigenvalue weighted by Gasteiger charge is 2.31. The number of hydroxylamine groups is 2. The predicted molar refractivity (Wildman–Crippen MR) is 138 cm³/mol. The van der Waals surface area contributed by atoms with Gasteiger partial charge in [0, 0.05) is 75.1 Å². The van der Waals surface area contributed by atoms with E-state index >= 15 is 0 Å². The third kappa shape index (κ3) is 7.19. The molecule has 3 heterocycles. The van der Waals surface area contributed by atoms with Gasteiger partial charge < -0.3 is 4.90 Å². The van der Waals surface area contributed by atoms with Crippen molar-refractivity contribution >= 4 is 33.5 Å². The van der Waals surface area contributed by atoms with Crippen LogP contribution < -0.4 is 4.90 Å². The molecule has 0 atom stereocenters. The van der Waals surface area contributed by atoms with Crippen molar-refractivity contribution in [2.75, 3.05) is 43.4 Å². The van der Waals surface area contributed by atoms with Crippen molar-refractivity contribution in [1.29, 1.82) is 0 Å². The van der Waals surface area contributed by atoms with Gasteiger partial charge in [0.15, 0.2) is 0 Å². The van der Waals surface area contributed by atoms with Gasteiger partial charge in [-0.2, -0.15) is 4.31 Å². The Balaban J connectivity index is 1.24. The van der Waals surface area contributed by atoms with E-state index in [4.69, 9.17) is 11.6 Å². The monoisotopic (exact) mass is 563 g/mol. The van der Waals surface area contributed by atoms with Crippen LogP contribution in [0.1, 0.15) is 18.7 Å². The fourth-order valence-electron chi connectivity index (χ4n) is 3.96. The third-order valence-corrected chi connectivity index (χ3v) is 8.10. The molecule has 1 saturated heterocycles. The first-order chi connectivity index (χ1) is 18.2. The maximum Gasteiger partial charge on any atom is 0.262 e. The standard InChI is InChI=1S/C24H27ClFN7O4S/c25-21-14-19(26)5-6-20(21)18-15-29-24(30-16-18)31-10-12-32(13-11-31)38(36,37)17-23(34)33(35)9-2-1-4-22-27-7-3-8-28-22/h3,5-8,14-16,35H,1-2,4,9-13,17H2. The van der Waals surface area contributed by atoms with Crippen molar-refractivity contribution < 1.29 is 22.8 Å². The van der Waals surface area contributed by atoms with Crippen LogP contribution in [-0.2, 0) is 21.2 Å². The molecule has 4 rings (SSSR count). The molecule has 1 fully saturated rings. The first-order valence-corrected chi connectivity index (χ1v) is 14.0. The van der Waals surface area contributed by atoms with Crippen LogP contribution >= 0.6 is 11.6 Å². The summed E-state index contributed by atoms with van der Waals surface area (Å²) in [5.41, 5.74) is 1.23. The number of aromatic nitrogens is 4. The van der Waals surface area contributed by atoms with Crippen LogP contribution in [0.2, 0.25) is 5.02 Å². The van der Waals surface area contributed by atoms with Crippen LogP contribution in [0.4, 0.5) is 10.3 Å². The molecule has 0 spiro atoms. The quantitative estimate of drug-likeness (QED) is 0.224. The zero-order valence-electron chi connectivity index (χ0n) is 20.4. The molecule has 0 bridgehead atoms. The first-order valence-electron chi connectivity index (χ1n) is 12.0. The van der Waals surface area contributed by atoms with Crippen LogP contribution in [0.15, 0.2) is 49.1 Å². The first kappa shape index (κ1) is 27.8. The number of amides is 1. The molecule has 1 amide bonds. The van der Waals surface area contributed by atoms with Crippen molar-refractivity contribution in [3.8, 4) is 11.1 Å². The number of unbranched alkanes of at least 4 members (excludes halogenated alkanes) is 1. The molecular formula is C24H27ClFN7O4S. The Hall–Kier alpha value is -3.26. The van der Waals surface area contributed by atoms with Gasteiger partial charge in [-0.3, -0.25) is 10.0 Å². The van der Waals surface area contributed by atoms with Crippen molar-refractivity contribution in [3.63, 3.8) is 0 Å². The Morgan fingerprint density at radius 3 is 2.39 bits per heavy atom. The van der Waals surface area contributed by atoms with Gasteiger partial charge in [0.05, 0.1) is 5.02 Å². The van der Waals surface area contributed by atoms with E-state index in [-0.39, 0.29) is 24.7 Å². The molecule has 11 nitrogen and oxygen atoms in total. The van der Waals surface area contributed by atoms with Gasteiger partial charge >= 0.3 is 0 Å². The normalized spacial score (nSPS) is 14.4. The summed E-state index contributed by atoms with van der Waals surface area (Å²) in [6, 6.07) is 5.79. The van der Waals surface area contributed by atoms with Crippen LogP contribution in [0.3, 0.4) is 0 Å². The molecule has 3 aromatic rings. The second-order valence-corrected chi connectivity index (χ2v) is 11.1. The molecule has 0 aliphatic carbocycles.